The molecule has 0 radical (unpaired) electrons. The molecule has 2 rings (SSSR count). The van der Waals surface area contributed by atoms with E-state index in [4.69, 9.17) is 4.74 Å². The molecule has 0 saturated carbocycles. The van der Waals surface area contributed by atoms with E-state index in [1.165, 1.54) is 0 Å². The second-order valence-electron chi connectivity index (χ2n) is 4.43. The van der Waals surface area contributed by atoms with E-state index in [-0.39, 0.29) is 0 Å². The summed E-state index contributed by atoms with van der Waals surface area (Å²) in [7, 11) is 1.87. The Balaban J connectivity index is 0. The fraction of sp³-hybridized carbons (Fsp3) is 0.875. The Morgan fingerprint density at radius 3 is 1.90 bits per heavy atom. The first kappa shape index (κ1) is 22.3. The summed E-state index contributed by atoms with van der Waals surface area (Å²) < 4.78 is 6.92. The molecule has 1 fully saturated rings. The molecule has 21 heavy (non-hydrogen) atoms. The topological polar surface area (TPSA) is 43.2 Å². The predicted octanol–water partition coefficient (Wildman–Crippen LogP) is 3.16. The van der Waals surface area contributed by atoms with E-state index in [1.54, 1.807) is 11.0 Å². The molecule has 2 heterocycles. The molecular weight excluding hydrogens is 264 g/mol. The van der Waals surface area contributed by atoms with Crippen LogP contribution in [-0.2, 0) is 18.2 Å². The lowest BCUT2D eigenvalue weighted by Gasteiger charge is -2.29. The lowest BCUT2D eigenvalue weighted by Crippen LogP contribution is -2.40. The van der Waals surface area contributed by atoms with Gasteiger partial charge >= 0.3 is 0 Å². The molecule has 0 unspecified atom stereocenters. The van der Waals surface area contributed by atoms with Crippen LogP contribution in [0.15, 0.2) is 6.33 Å². The minimum absolute atomic E-state index is 0.689. The van der Waals surface area contributed by atoms with Gasteiger partial charge in [0, 0.05) is 32.6 Å². The number of hydrogen-bond donors (Lipinski definition) is 0. The van der Waals surface area contributed by atoms with Crippen molar-refractivity contribution in [2.45, 2.75) is 60.9 Å². The van der Waals surface area contributed by atoms with Gasteiger partial charge in [0.05, 0.1) is 13.2 Å². The van der Waals surface area contributed by atoms with E-state index < -0.39 is 0 Å². The van der Waals surface area contributed by atoms with Gasteiger partial charge in [0.1, 0.15) is 12.2 Å². The average Bonchev–Trinajstić information content (AvgIpc) is 2.98. The summed E-state index contributed by atoms with van der Waals surface area (Å²) >= 11 is 0. The summed E-state index contributed by atoms with van der Waals surface area (Å²) in [4.78, 5) is 6.42. The van der Waals surface area contributed by atoms with E-state index in [9.17, 15) is 0 Å². The van der Waals surface area contributed by atoms with Gasteiger partial charge in [0.2, 0.25) is 0 Å². The highest BCUT2D eigenvalue weighted by atomic mass is 16.5. The summed E-state index contributed by atoms with van der Waals surface area (Å²) in [5.41, 5.74) is 0. The third-order valence-electron chi connectivity index (χ3n) is 2.74. The first-order valence-corrected chi connectivity index (χ1v) is 8.29. The maximum atomic E-state index is 5.21. The average molecular weight is 300 g/mol. The van der Waals surface area contributed by atoms with Gasteiger partial charge in [0.15, 0.2) is 0 Å². The van der Waals surface area contributed by atoms with Gasteiger partial charge in [-0.05, 0) is 13.8 Å². The maximum Gasteiger partial charge on any atom is 0.150 e. The fourth-order valence-electron chi connectivity index (χ4n) is 1.64. The van der Waals surface area contributed by atoms with Crippen LogP contribution in [0.4, 0.5) is 0 Å². The van der Waals surface area contributed by atoms with Crippen LogP contribution in [0.2, 0.25) is 0 Å². The van der Waals surface area contributed by atoms with Gasteiger partial charge in [-0.2, -0.15) is 5.10 Å². The zero-order chi connectivity index (χ0) is 16.7. The molecule has 5 nitrogen and oxygen atoms in total. The smallest absolute Gasteiger partial charge is 0.150 e. The summed E-state index contributed by atoms with van der Waals surface area (Å²) in [5, 5.41) is 4.03. The molecule has 0 bridgehead atoms. The van der Waals surface area contributed by atoms with E-state index in [1.807, 2.05) is 41.7 Å². The summed E-state index contributed by atoms with van der Waals surface area (Å²) in [5.74, 6) is 0.910. The highest BCUT2D eigenvalue weighted by Crippen LogP contribution is 2.01. The van der Waals surface area contributed by atoms with Crippen molar-refractivity contribution in [2.24, 2.45) is 7.05 Å². The summed E-state index contributed by atoms with van der Waals surface area (Å²) in [6, 6.07) is 0.689. The maximum absolute atomic E-state index is 5.21. The molecule has 0 aromatic carbocycles. The molecule has 1 aliphatic rings. The summed E-state index contributed by atoms with van der Waals surface area (Å²) in [6.45, 7) is 18.5. The van der Waals surface area contributed by atoms with Crippen molar-refractivity contribution in [1.29, 1.82) is 0 Å². The SMILES string of the molecule is CC.CC.CC(C)N1CCOCC1.CCc1ncn(C)n1. The zero-order valence-electron chi connectivity index (χ0n) is 15.4. The van der Waals surface area contributed by atoms with Crippen LogP contribution in [0.25, 0.3) is 0 Å². The first-order chi connectivity index (χ1) is 10.1. The molecule has 0 amide bonds. The molecule has 0 N–H and O–H groups in total. The Morgan fingerprint density at radius 1 is 1.14 bits per heavy atom. The zero-order valence-corrected chi connectivity index (χ0v) is 15.4. The van der Waals surface area contributed by atoms with Crippen molar-refractivity contribution in [3.63, 3.8) is 0 Å². The molecule has 0 spiro atoms. The predicted molar refractivity (Wildman–Crippen MR) is 90.6 cm³/mol. The molecule has 0 aliphatic carbocycles. The fourth-order valence-corrected chi connectivity index (χ4v) is 1.64. The number of ether oxygens (including phenoxy) is 1. The minimum atomic E-state index is 0.689. The number of morpholine rings is 1. The lowest BCUT2D eigenvalue weighted by atomic mass is 10.3. The van der Waals surface area contributed by atoms with Gasteiger partial charge in [-0.25, -0.2) is 4.98 Å². The lowest BCUT2D eigenvalue weighted by molar-refractivity contribution is 0.0238. The van der Waals surface area contributed by atoms with Gasteiger partial charge in [-0.15, -0.1) is 0 Å². The second kappa shape index (κ2) is 15.4. The summed E-state index contributed by atoms with van der Waals surface area (Å²) in [6.07, 6.45) is 2.62. The van der Waals surface area contributed by atoms with E-state index in [0.29, 0.717) is 6.04 Å². The van der Waals surface area contributed by atoms with Crippen LogP contribution in [0.3, 0.4) is 0 Å². The normalized spacial score (nSPS) is 14.1. The van der Waals surface area contributed by atoms with E-state index in [0.717, 1.165) is 38.5 Å². The largest absolute Gasteiger partial charge is 0.379 e. The van der Waals surface area contributed by atoms with Crippen molar-refractivity contribution in [2.75, 3.05) is 26.3 Å². The molecule has 1 aromatic heterocycles. The van der Waals surface area contributed by atoms with Crippen LogP contribution >= 0.6 is 0 Å². The van der Waals surface area contributed by atoms with Crippen LogP contribution in [0, 0.1) is 0 Å². The van der Waals surface area contributed by atoms with Crippen molar-refractivity contribution in [3.8, 4) is 0 Å². The molecule has 126 valence electrons. The Labute approximate surface area is 131 Å². The van der Waals surface area contributed by atoms with Crippen molar-refractivity contribution >= 4 is 0 Å². The van der Waals surface area contributed by atoms with Crippen LogP contribution in [0.5, 0.6) is 0 Å². The Kier molecular flexibility index (Phi) is 16.4. The second-order valence-corrected chi connectivity index (χ2v) is 4.43. The Hall–Kier alpha value is -0.940. The third-order valence-corrected chi connectivity index (χ3v) is 2.74. The number of aromatic nitrogens is 3. The quantitative estimate of drug-likeness (QED) is 0.841. The first-order valence-electron chi connectivity index (χ1n) is 8.29. The van der Waals surface area contributed by atoms with Crippen LogP contribution < -0.4 is 0 Å². The van der Waals surface area contributed by atoms with E-state index >= 15 is 0 Å². The number of hydrogen-bond acceptors (Lipinski definition) is 4. The minimum Gasteiger partial charge on any atom is -0.379 e. The van der Waals surface area contributed by atoms with Crippen LogP contribution in [-0.4, -0.2) is 52.0 Å². The highest BCUT2D eigenvalue weighted by molar-refractivity contribution is 4.78. The Morgan fingerprint density at radius 2 is 1.67 bits per heavy atom. The molecule has 1 aliphatic heterocycles. The molecule has 0 atom stereocenters. The molecule has 1 aromatic rings. The number of aryl methyl sites for hydroxylation is 2. The number of rotatable bonds is 2. The van der Waals surface area contributed by atoms with Crippen LogP contribution in [0.1, 0.15) is 54.3 Å². The van der Waals surface area contributed by atoms with Gasteiger partial charge in [-0.3, -0.25) is 9.58 Å². The van der Waals surface area contributed by atoms with Gasteiger partial charge in [0.25, 0.3) is 0 Å². The highest BCUT2D eigenvalue weighted by Gasteiger charge is 2.11. The number of nitrogens with zero attached hydrogens (tertiary/aromatic N) is 4. The molecular formula is C16H36N4O. The molecule has 1 saturated heterocycles. The van der Waals surface area contributed by atoms with Crippen molar-refractivity contribution in [1.82, 2.24) is 19.7 Å². The molecule has 5 heteroatoms. The van der Waals surface area contributed by atoms with E-state index in [2.05, 4.69) is 28.8 Å². The van der Waals surface area contributed by atoms with Crippen molar-refractivity contribution < 1.29 is 4.74 Å². The van der Waals surface area contributed by atoms with Crippen molar-refractivity contribution in [3.05, 3.63) is 12.2 Å². The third kappa shape index (κ3) is 11.4. The van der Waals surface area contributed by atoms with Gasteiger partial charge < -0.3 is 4.74 Å². The Bertz CT molecular complexity index is 307. The standard InChI is InChI=1S/C7H15NO.C5H9N3.2C2H6/c1-7(2)8-3-5-9-6-4-8;1-3-5-6-4-8(2)7-5;2*1-2/h7H,3-6H2,1-2H3;4H,3H2,1-2H3;2*1-2H3. The monoisotopic (exact) mass is 300 g/mol. The van der Waals surface area contributed by atoms with Gasteiger partial charge in [-0.1, -0.05) is 34.6 Å².